The first-order valence-electron chi connectivity index (χ1n) is 3.62. The van der Waals surface area contributed by atoms with Crippen LogP contribution >= 0.6 is 34.2 Å². The first-order valence-corrected chi connectivity index (χ1v) is 5.08. The van der Waals surface area contributed by atoms with Gasteiger partial charge >= 0.3 is 6.36 Å². The van der Waals surface area contributed by atoms with Crippen molar-refractivity contribution in [1.29, 1.82) is 0 Å². The first-order chi connectivity index (χ1) is 7.20. The Labute approximate surface area is 106 Å². The summed E-state index contributed by atoms with van der Waals surface area (Å²) >= 11 is 6.59. The van der Waals surface area contributed by atoms with Gasteiger partial charge in [0, 0.05) is 0 Å². The largest absolute Gasteiger partial charge is 0.574 e. The van der Waals surface area contributed by atoms with E-state index < -0.39 is 23.2 Å². The van der Waals surface area contributed by atoms with Crippen molar-refractivity contribution < 1.29 is 22.7 Å². The maximum atomic E-state index is 12.0. The van der Waals surface area contributed by atoms with Gasteiger partial charge in [-0.3, -0.25) is 4.79 Å². The standard InChI is InChI=1S/C7H3ClF3IN2O2/c8-5(15)3-1-2(13)4(12)6(14-3)16-7(9,10)11/h1H,(H2,13,14). The van der Waals surface area contributed by atoms with Gasteiger partial charge in [0.15, 0.2) is 0 Å². The highest BCUT2D eigenvalue weighted by Crippen LogP contribution is 2.30. The fourth-order valence-electron chi connectivity index (χ4n) is 0.803. The summed E-state index contributed by atoms with van der Waals surface area (Å²) in [5.74, 6) is -0.794. The molecule has 1 heterocycles. The van der Waals surface area contributed by atoms with Gasteiger partial charge in [-0.1, -0.05) is 0 Å². The Balaban J connectivity index is 3.22. The zero-order valence-electron chi connectivity index (χ0n) is 7.31. The topological polar surface area (TPSA) is 65.2 Å². The monoisotopic (exact) mass is 366 g/mol. The molecule has 9 heteroatoms. The molecular formula is C7H3ClF3IN2O2. The van der Waals surface area contributed by atoms with E-state index in [-0.39, 0.29) is 9.26 Å². The van der Waals surface area contributed by atoms with Gasteiger partial charge in [-0.25, -0.2) is 4.98 Å². The summed E-state index contributed by atoms with van der Waals surface area (Å²) in [6, 6.07) is 1.07. The summed E-state index contributed by atoms with van der Waals surface area (Å²) in [7, 11) is 0. The normalized spacial score (nSPS) is 11.3. The summed E-state index contributed by atoms with van der Waals surface area (Å²) in [6.45, 7) is 0. The Morgan fingerprint density at radius 1 is 1.56 bits per heavy atom. The minimum absolute atomic E-state index is 0.0448. The molecule has 2 N–H and O–H groups in total. The smallest absolute Gasteiger partial charge is 0.398 e. The summed E-state index contributed by atoms with van der Waals surface area (Å²) in [5.41, 5.74) is 4.90. The number of halogens is 5. The molecule has 0 spiro atoms. The van der Waals surface area contributed by atoms with Crippen molar-refractivity contribution >= 4 is 45.1 Å². The maximum Gasteiger partial charge on any atom is 0.574 e. The number of alkyl halides is 3. The molecule has 0 aliphatic rings. The number of aromatic nitrogens is 1. The highest BCUT2D eigenvalue weighted by atomic mass is 127. The molecule has 0 saturated carbocycles. The van der Waals surface area contributed by atoms with E-state index >= 15 is 0 Å². The number of rotatable bonds is 2. The van der Waals surface area contributed by atoms with Crippen LogP contribution < -0.4 is 10.5 Å². The highest BCUT2D eigenvalue weighted by molar-refractivity contribution is 14.1. The lowest BCUT2D eigenvalue weighted by Crippen LogP contribution is -2.19. The Kier molecular flexibility index (Phi) is 3.84. The van der Waals surface area contributed by atoms with Crippen LogP contribution in [-0.4, -0.2) is 16.6 Å². The maximum absolute atomic E-state index is 12.0. The summed E-state index contributed by atoms with van der Waals surface area (Å²) < 4.78 is 39.4. The van der Waals surface area contributed by atoms with Gasteiger partial charge in [0.05, 0.1) is 9.26 Å². The Hall–Kier alpha value is -0.770. The molecule has 0 bridgehead atoms. The van der Waals surface area contributed by atoms with E-state index in [1.54, 1.807) is 0 Å². The zero-order valence-corrected chi connectivity index (χ0v) is 10.2. The summed E-state index contributed by atoms with van der Waals surface area (Å²) in [4.78, 5) is 14.0. The minimum atomic E-state index is -4.91. The third kappa shape index (κ3) is 3.37. The fourth-order valence-corrected chi connectivity index (χ4v) is 1.29. The molecule has 88 valence electrons. The molecule has 0 amide bonds. The van der Waals surface area contributed by atoms with Crippen molar-refractivity contribution in [3.8, 4) is 5.88 Å². The number of nitrogens with two attached hydrogens (primary N) is 1. The molecule has 0 saturated heterocycles. The Morgan fingerprint density at radius 2 is 2.12 bits per heavy atom. The number of ether oxygens (including phenoxy) is 1. The molecular weight excluding hydrogens is 363 g/mol. The molecule has 0 radical (unpaired) electrons. The van der Waals surface area contributed by atoms with Crippen LogP contribution in [-0.2, 0) is 0 Å². The number of nitrogens with zero attached hydrogens (tertiary/aromatic N) is 1. The van der Waals surface area contributed by atoms with Crippen molar-refractivity contribution in [2.24, 2.45) is 0 Å². The van der Waals surface area contributed by atoms with Gasteiger partial charge in [0.1, 0.15) is 5.69 Å². The van der Waals surface area contributed by atoms with E-state index in [9.17, 15) is 18.0 Å². The van der Waals surface area contributed by atoms with Crippen LogP contribution in [0.25, 0.3) is 0 Å². The van der Waals surface area contributed by atoms with Crippen LogP contribution in [0.4, 0.5) is 18.9 Å². The van der Waals surface area contributed by atoms with Crippen LogP contribution in [0.5, 0.6) is 5.88 Å². The second-order valence-electron chi connectivity index (χ2n) is 2.54. The van der Waals surface area contributed by atoms with Gasteiger partial charge in [0.2, 0.25) is 5.88 Å². The van der Waals surface area contributed by atoms with Crippen molar-refractivity contribution in [3.05, 3.63) is 15.3 Å². The quantitative estimate of drug-likeness (QED) is 0.645. The molecule has 0 unspecified atom stereocenters. The van der Waals surface area contributed by atoms with E-state index in [1.807, 2.05) is 0 Å². The van der Waals surface area contributed by atoms with E-state index in [1.165, 1.54) is 22.6 Å². The van der Waals surface area contributed by atoms with Gasteiger partial charge < -0.3 is 10.5 Å². The second kappa shape index (κ2) is 4.62. The average Bonchev–Trinajstić information content (AvgIpc) is 2.10. The van der Waals surface area contributed by atoms with Gasteiger partial charge in [-0.05, 0) is 40.3 Å². The number of pyridine rings is 1. The van der Waals surface area contributed by atoms with Crippen molar-refractivity contribution in [3.63, 3.8) is 0 Å². The predicted octanol–water partition coefficient (Wildman–Crippen LogP) is 2.55. The summed E-state index contributed by atoms with van der Waals surface area (Å²) in [5, 5.41) is -1.02. The van der Waals surface area contributed by atoms with E-state index in [0.29, 0.717) is 0 Å². The van der Waals surface area contributed by atoms with Crippen LogP contribution in [0.2, 0.25) is 0 Å². The number of carbonyl (C=O) groups is 1. The zero-order chi connectivity index (χ0) is 12.5. The number of hydrogen-bond donors (Lipinski definition) is 1. The molecule has 1 aromatic rings. The van der Waals surface area contributed by atoms with Crippen molar-refractivity contribution in [2.45, 2.75) is 6.36 Å². The van der Waals surface area contributed by atoms with Crippen molar-refractivity contribution in [2.75, 3.05) is 5.73 Å². The third-order valence-electron chi connectivity index (χ3n) is 1.37. The summed E-state index contributed by atoms with van der Waals surface area (Å²) in [6.07, 6.45) is -4.91. The number of anilines is 1. The van der Waals surface area contributed by atoms with E-state index in [2.05, 4.69) is 9.72 Å². The van der Waals surface area contributed by atoms with Crippen LogP contribution in [0, 0.1) is 3.57 Å². The Morgan fingerprint density at radius 3 is 2.56 bits per heavy atom. The van der Waals surface area contributed by atoms with E-state index in [0.717, 1.165) is 6.07 Å². The Bertz CT molecular complexity index is 438. The lowest BCUT2D eigenvalue weighted by molar-refractivity contribution is -0.276. The second-order valence-corrected chi connectivity index (χ2v) is 3.96. The lowest BCUT2D eigenvalue weighted by Gasteiger charge is -2.11. The van der Waals surface area contributed by atoms with Crippen molar-refractivity contribution in [1.82, 2.24) is 4.98 Å². The lowest BCUT2D eigenvalue weighted by atomic mass is 10.3. The van der Waals surface area contributed by atoms with Crippen LogP contribution in [0.1, 0.15) is 10.5 Å². The molecule has 0 aromatic carbocycles. The molecule has 0 atom stereocenters. The number of nitrogen functional groups attached to an aromatic ring is 1. The predicted molar refractivity (Wildman–Crippen MR) is 58.2 cm³/mol. The molecule has 16 heavy (non-hydrogen) atoms. The fraction of sp³-hybridized carbons (Fsp3) is 0.143. The van der Waals surface area contributed by atoms with Crippen LogP contribution in [0.15, 0.2) is 6.07 Å². The first kappa shape index (κ1) is 13.3. The van der Waals surface area contributed by atoms with Gasteiger partial charge in [-0.15, -0.1) is 13.2 Å². The number of hydrogen-bond acceptors (Lipinski definition) is 4. The average molecular weight is 366 g/mol. The molecule has 1 rings (SSSR count). The molecule has 0 aliphatic heterocycles. The number of carbonyl (C=O) groups excluding carboxylic acids is 1. The SMILES string of the molecule is Nc1cc(C(=O)Cl)nc(OC(F)(F)F)c1I. The molecule has 1 aromatic heterocycles. The highest BCUT2D eigenvalue weighted by Gasteiger charge is 2.33. The van der Waals surface area contributed by atoms with E-state index in [4.69, 9.17) is 17.3 Å². The third-order valence-corrected chi connectivity index (χ3v) is 2.65. The van der Waals surface area contributed by atoms with Crippen LogP contribution in [0.3, 0.4) is 0 Å². The molecule has 4 nitrogen and oxygen atoms in total. The van der Waals surface area contributed by atoms with Gasteiger partial charge in [-0.2, -0.15) is 0 Å². The minimum Gasteiger partial charge on any atom is -0.398 e. The molecule has 0 fully saturated rings. The molecule has 0 aliphatic carbocycles. The van der Waals surface area contributed by atoms with Gasteiger partial charge in [0.25, 0.3) is 5.24 Å².